The smallest absolute Gasteiger partial charge is 0.416 e. The Balaban J connectivity index is 0.000000749. The Hall–Kier alpha value is -3.16. The first-order valence-corrected chi connectivity index (χ1v) is 12.7. The summed E-state index contributed by atoms with van der Waals surface area (Å²) in [5.74, 6) is 0. The molecule has 0 amide bonds. The van der Waals surface area contributed by atoms with Crippen LogP contribution in [0.15, 0.2) is 54.6 Å². The fourth-order valence-corrected chi connectivity index (χ4v) is 4.68. The van der Waals surface area contributed by atoms with E-state index in [-0.39, 0.29) is 17.2 Å². The predicted molar refractivity (Wildman–Crippen MR) is 139 cm³/mol. The first kappa shape index (κ1) is 34.3. The van der Waals surface area contributed by atoms with Crippen LogP contribution < -0.4 is 16.4 Å². The third-order valence-corrected chi connectivity index (χ3v) is 6.74. The van der Waals surface area contributed by atoms with E-state index < -0.39 is 70.1 Å². The van der Waals surface area contributed by atoms with Gasteiger partial charge in [-0.1, -0.05) is 71.0 Å². The zero-order chi connectivity index (χ0) is 32.5. The van der Waals surface area contributed by atoms with Crippen molar-refractivity contribution in [2.45, 2.75) is 51.4 Å². The van der Waals surface area contributed by atoms with E-state index in [0.29, 0.717) is 36.4 Å². The fourth-order valence-electron chi connectivity index (χ4n) is 4.68. The molecule has 234 valence electrons. The number of halogens is 12. The Morgan fingerprint density at radius 3 is 1.37 bits per heavy atom. The van der Waals surface area contributed by atoms with Gasteiger partial charge >= 0.3 is 24.7 Å². The Labute approximate surface area is 240 Å². The van der Waals surface area contributed by atoms with Crippen LogP contribution in [0.2, 0.25) is 0 Å². The van der Waals surface area contributed by atoms with Gasteiger partial charge in [-0.2, -0.15) is 52.7 Å². The highest BCUT2D eigenvalue weighted by atomic mass is 19.4. The summed E-state index contributed by atoms with van der Waals surface area (Å²) in [6, 6.07) is 4.83. The molecule has 3 aromatic rings. The molecule has 1 nitrogen and oxygen atoms in total. The van der Waals surface area contributed by atoms with Crippen molar-refractivity contribution in [1.82, 2.24) is 0 Å². The monoisotopic (exact) mass is 628 g/mol. The van der Waals surface area contributed by atoms with Crippen LogP contribution in [-0.4, -0.2) is 19.9 Å². The quantitative estimate of drug-likeness (QED) is 0.120. The first-order valence-electron chi connectivity index (χ1n) is 12.7. The molecule has 0 saturated carbocycles. The molecule has 0 radical (unpaired) electrons. The minimum atomic E-state index is -5.28. The molecule has 1 heterocycles. The van der Waals surface area contributed by atoms with Crippen molar-refractivity contribution in [1.29, 1.82) is 0 Å². The van der Waals surface area contributed by atoms with E-state index in [9.17, 15) is 52.7 Å². The molecule has 0 bridgehead atoms. The second-order valence-corrected chi connectivity index (χ2v) is 10.2. The third-order valence-electron chi connectivity index (χ3n) is 6.74. The summed E-state index contributed by atoms with van der Waals surface area (Å²) >= 11 is 0. The minimum Gasteiger partial charge on any atom is -0.570 e. The Morgan fingerprint density at radius 1 is 0.558 bits per heavy atom. The van der Waals surface area contributed by atoms with Crippen LogP contribution in [0, 0.1) is 21.0 Å². The highest BCUT2D eigenvalue weighted by Gasteiger charge is 2.40. The molecule has 1 aliphatic heterocycles. The molecule has 1 aliphatic rings. The molecule has 3 aromatic carbocycles. The van der Waals surface area contributed by atoms with Gasteiger partial charge in [0.25, 0.3) is 0 Å². The zero-order valence-corrected chi connectivity index (χ0v) is 22.8. The lowest BCUT2D eigenvalue weighted by atomic mass is 9.35. The molecule has 4 rings (SSSR count). The summed E-state index contributed by atoms with van der Waals surface area (Å²) in [6.07, 6.45) is -17.8. The van der Waals surface area contributed by atoms with Crippen molar-refractivity contribution in [3.63, 3.8) is 0 Å². The molecule has 1 fully saturated rings. The fraction of sp³-hybridized carbons (Fsp3) is 0.345. The van der Waals surface area contributed by atoms with E-state index in [1.54, 1.807) is 0 Å². The summed E-state index contributed by atoms with van der Waals surface area (Å²) in [7, 11) is 3.69. The predicted octanol–water partition coefficient (Wildman–Crippen LogP) is 8.02. The molecule has 1 saturated heterocycles. The van der Waals surface area contributed by atoms with Crippen molar-refractivity contribution in [2.75, 3.05) is 13.2 Å². The Morgan fingerprint density at radius 2 is 0.977 bits per heavy atom. The number of rotatable bonds is 3. The van der Waals surface area contributed by atoms with Gasteiger partial charge in [0, 0.05) is 12.8 Å². The van der Waals surface area contributed by atoms with E-state index in [2.05, 4.69) is 11.5 Å². The minimum absolute atomic E-state index is 0.0130. The van der Waals surface area contributed by atoms with E-state index in [4.69, 9.17) is 0 Å². The lowest BCUT2D eigenvalue weighted by Crippen LogP contribution is -2.54. The Bertz CT molecular complexity index is 1380. The van der Waals surface area contributed by atoms with Crippen molar-refractivity contribution in [3.8, 4) is 0 Å². The first-order chi connectivity index (χ1) is 19.6. The van der Waals surface area contributed by atoms with E-state index in [0.717, 1.165) is 25.3 Å². The second-order valence-electron chi connectivity index (χ2n) is 10.2. The molecule has 0 N–H and O–H groups in total. The average molecular weight is 628 g/mol. The van der Waals surface area contributed by atoms with Gasteiger partial charge in [-0.05, 0) is 32.0 Å². The zero-order valence-electron chi connectivity index (χ0n) is 22.8. The van der Waals surface area contributed by atoms with E-state index in [1.165, 1.54) is 26.7 Å². The van der Waals surface area contributed by atoms with Crippen LogP contribution in [0.4, 0.5) is 52.7 Å². The topological polar surface area (TPSA) is 2.70 Å². The largest absolute Gasteiger partial charge is 0.570 e. The molecule has 0 aromatic heterocycles. The SMILES string of the molecule is Cc1cc(B(c2cc(C(F)(F)F)cc(C(F)(F)F)c2)c2cc(C(F)(F)F)ccc2C)cc(C(F)(F)F)c1.[CH2-][O+]1CCCC1. The van der Waals surface area contributed by atoms with Crippen molar-refractivity contribution in [2.24, 2.45) is 0 Å². The number of aryl methyl sites for hydroxylation is 2. The summed E-state index contributed by atoms with van der Waals surface area (Å²) in [5.41, 5.74) is -7.69. The van der Waals surface area contributed by atoms with E-state index in [1.807, 2.05) is 0 Å². The van der Waals surface area contributed by atoms with Gasteiger partial charge in [-0.25, -0.2) is 0 Å². The van der Waals surface area contributed by atoms with Gasteiger partial charge in [0.1, 0.15) is 13.2 Å². The number of hydrogen-bond donors (Lipinski definition) is 0. The van der Waals surface area contributed by atoms with Crippen molar-refractivity contribution < 1.29 is 57.1 Å². The second kappa shape index (κ2) is 12.5. The van der Waals surface area contributed by atoms with Crippen LogP contribution in [0.3, 0.4) is 0 Å². The molecule has 14 heteroatoms. The maximum absolute atomic E-state index is 13.5. The third kappa shape index (κ3) is 8.93. The van der Waals surface area contributed by atoms with Gasteiger partial charge in [0.15, 0.2) is 0 Å². The molecule has 43 heavy (non-hydrogen) atoms. The summed E-state index contributed by atoms with van der Waals surface area (Å²) in [6.45, 7) is 2.88. The van der Waals surface area contributed by atoms with E-state index >= 15 is 0 Å². The number of alkyl halides is 12. The summed E-state index contributed by atoms with van der Waals surface area (Å²) in [5, 5.41) is 0. The highest BCUT2D eigenvalue weighted by Crippen LogP contribution is 2.35. The Kier molecular flexibility index (Phi) is 9.94. The molecule has 0 atom stereocenters. The van der Waals surface area contributed by atoms with Crippen LogP contribution >= 0.6 is 0 Å². The van der Waals surface area contributed by atoms with Crippen LogP contribution in [0.5, 0.6) is 0 Å². The molecule has 0 unspecified atom stereocenters. The molecular weight excluding hydrogens is 603 g/mol. The molecular formula is C29H25BF12O. The van der Waals surface area contributed by atoms with Crippen molar-refractivity contribution >= 4 is 23.1 Å². The summed E-state index contributed by atoms with van der Waals surface area (Å²) in [4.78, 5) is 0. The van der Waals surface area contributed by atoms with Gasteiger partial charge < -0.3 is 4.37 Å². The van der Waals surface area contributed by atoms with Crippen molar-refractivity contribution in [3.05, 3.63) is 95.1 Å². The van der Waals surface area contributed by atoms with Crippen LogP contribution in [0.25, 0.3) is 0 Å². The normalized spacial score (nSPS) is 14.9. The number of benzene rings is 3. The lowest BCUT2D eigenvalue weighted by molar-refractivity contribution is -0.143. The lowest BCUT2D eigenvalue weighted by Gasteiger charge is -2.23. The number of hydrogen-bond acceptors (Lipinski definition) is 0. The molecule has 0 spiro atoms. The highest BCUT2D eigenvalue weighted by molar-refractivity contribution is 6.95. The average Bonchev–Trinajstić information content (AvgIpc) is 3.34. The van der Waals surface area contributed by atoms with Crippen LogP contribution in [-0.2, 0) is 29.1 Å². The van der Waals surface area contributed by atoms with Gasteiger partial charge in [-0.3, -0.25) is 0 Å². The standard InChI is InChI=1S/C24H15BF12.C5H10O/c1-12-5-15(22(29,30)31)8-18(6-12)25(20-11-14(21(26,27)28)4-3-13(20)2)19-9-16(23(32,33)34)7-17(10-19)24(35,36)37;1-6-4-2-3-5-6/h3-11H,1-2H3;1-5H2. The maximum Gasteiger partial charge on any atom is 0.416 e. The van der Waals surface area contributed by atoms with Gasteiger partial charge in [0.05, 0.1) is 22.3 Å². The summed E-state index contributed by atoms with van der Waals surface area (Å²) < 4.78 is 165. The van der Waals surface area contributed by atoms with Gasteiger partial charge in [-0.15, -0.1) is 0 Å². The molecule has 0 aliphatic carbocycles. The van der Waals surface area contributed by atoms with Gasteiger partial charge in [0.2, 0.25) is 6.71 Å². The van der Waals surface area contributed by atoms with Crippen LogP contribution in [0.1, 0.15) is 46.2 Å². The maximum atomic E-state index is 13.5.